The van der Waals surface area contributed by atoms with Crippen LogP contribution in [0.4, 0.5) is 0 Å². The van der Waals surface area contributed by atoms with Gasteiger partial charge in [-0.15, -0.1) is 0 Å². The number of hydrogen-bond donors (Lipinski definition) is 2. The number of carbonyl (C=O) groups excluding carboxylic acids is 1. The standard InChI is InChI=1S/C22H27N3OS/c26-21(25-14-5-2-6-15-25)20-11-7-10-19(16-20)17-24-22(27)23-13-12-18-8-3-1-4-9-18/h1,3-4,7-11,16H,2,5-6,12-15,17H2,(H2,23,24,27). The number of benzene rings is 2. The van der Waals surface area contributed by atoms with Crippen LogP contribution in [-0.4, -0.2) is 35.6 Å². The van der Waals surface area contributed by atoms with Gasteiger partial charge in [-0.1, -0.05) is 42.5 Å². The molecule has 0 atom stereocenters. The molecule has 1 saturated heterocycles. The van der Waals surface area contributed by atoms with Crippen molar-refractivity contribution in [3.05, 3.63) is 71.3 Å². The topological polar surface area (TPSA) is 44.4 Å². The first-order valence-electron chi connectivity index (χ1n) is 9.66. The second kappa shape index (κ2) is 10.1. The maximum absolute atomic E-state index is 12.6. The lowest BCUT2D eigenvalue weighted by atomic mass is 10.1. The normalized spacial score (nSPS) is 13.9. The second-order valence-electron chi connectivity index (χ2n) is 6.90. The zero-order valence-electron chi connectivity index (χ0n) is 15.6. The summed E-state index contributed by atoms with van der Waals surface area (Å²) in [5.41, 5.74) is 3.11. The number of nitrogens with zero attached hydrogens (tertiary/aromatic N) is 1. The van der Waals surface area contributed by atoms with Gasteiger partial charge < -0.3 is 15.5 Å². The number of thiocarbonyl (C=S) groups is 1. The summed E-state index contributed by atoms with van der Waals surface area (Å²) in [5.74, 6) is 0.139. The Morgan fingerprint density at radius 3 is 2.44 bits per heavy atom. The number of piperidine rings is 1. The third-order valence-corrected chi connectivity index (χ3v) is 5.10. The Morgan fingerprint density at radius 2 is 1.67 bits per heavy atom. The van der Waals surface area contributed by atoms with Gasteiger partial charge in [-0.3, -0.25) is 4.79 Å². The summed E-state index contributed by atoms with van der Waals surface area (Å²) in [6, 6.07) is 18.2. The van der Waals surface area contributed by atoms with Gasteiger partial charge in [0.25, 0.3) is 5.91 Å². The highest BCUT2D eigenvalue weighted by Gasteiger charge is 2.18. The lowest BCUT2D eigenvalue weighted by Gasteiger charge is -2.26. The minimum atomic E-state index is 0.139. The predicted octanol–water partition coefficient (Wildman–Crippen LogP) is 3.52. The van der Waals surface area contributed by atoms with Crippen LogP contribution in [0.15, 0.2) is 54.6 Å². The molecule has 27 heavy (non-hydrogen) atoms. The Bertz CT molecular complexity index is 757. The number of hydrogen-bond acceptors (Lipinski definition) is 2. The van der Waals surface area contributed by atoms with Crippen molar-refractivity contribution in [1.82, 2.24) is 15.5 Å². The SMILES string of the molecule is O=C(c1cccc(CNC(=S)NCCc2ccccc2)c1)N1CCCCC1. The zero-order chi connectivity index (χ0) is 18.9. The van der Waals surface area contributed by atoms with E-state index < -0.39 is 0 Å². The number of nitrogens with one attached hydrogen (secondary N) is 2. The maximum atomic E-state index is 12.6. The second-order valence-corrected chi connectivity index (χ2v) is 7.31. The van der Waals surface area contributed by atoms with Gasteiger partial charge in [0.2, 0.25) is 0 Å². The van der Waals surface area contributed by atoms with Crippen molar-refractivity contribution in [2.24, 2.45) is 0 Å². The van der Waals surface area contributed by atoms with E-state index in [1.54, 1.807) is 0 Å². The fourth-order valence-corrected chi connectivity index (χ4v) is 3.48. The third-order valence-electron chi connectivity index (χ3n) is 4.81. The van der Waals surface area contributed by atoms with Crippen molar-refractivity contribution in [2.75, 3.05) is 19.6 Å². The molecule has 1 heterocycles. The van der Waals surface area contributed by atoms with E-state index in [9.17, 15) is 4.79 Å². The van der Waals surface area contributed by atoms with Gasteiger partial charge in [-0.2, -0.15) is 0 Å². The highest BCUT2D eigenvalue weighted by atomic mass is 32.1. The van der Waals surface area contributed by atoms with E-state index in [-0.39, 0.29) is 5.91 Å². The van der Waals surface area contributed by atoms with Gasteiger partial charge in [0.15, 0.2) is 5.11 Å². The minimum absolute atomic E-state index is 0.139. The number of rotatable bonds is 6. The molecule has 142 valence electrons. The Balaban J connectivity index is 1.45. The average molecular weight is 382 g/mol. The summed E-state index contributed by atoms with van der Waals surface area (Å²) in [6.07, 6.45) is 4.37. The Morgan fingerprint density at radius 1 is 0.926 bits per heavy atom. The van der Waals surface area contributed by atoms with Crippen molar-refractivity contribution >= 4 is 23.2 Å². The lowest BCUT2D eigenvalue weighted by molar-refractivity contribution is 0.0724. The molecule has 5 heteroatoms. The molecular formula is C22H27N3OS. The van der Waals surface area contributed by atoms with Gasteiger partial charge in [-0.25, -0.2) is 0 Å². The lowest BCUT2D eigenvalue weighted by Crippen LogP contribution is -2.36. The molecule has 0 saturated carbocycles. The summed E-state index contributed by atoms with van der Waals surface area (Å²) in [5, 5.41) is 7.10. The molecule has 1 amide bonds. The van der Waals surface area contributed by atoms with E-state index in [4.69, 9.17) is 12.2 Å². The first-order valence-corrected chi connectivity index (χ1v) is 10.1. The Kier molecular flexibility index (Phi) is 7.22. The molecule has 1 aliphatic rings. The molecule has 0 radical (unpaired) electrons. The van der Waals surface area contributed by atoms with Crippen LogP contribution in [0.1, 0.15) is 40.7 Å². The van der Waals surface area contributed by atoms with Crippen LogP contribution < -0.4 is 10.6 Å². The van der Waals surface area contributed by atoms with Gasteiger partial charge in [-0.05, 0) is 61.2 Å². The van der Waals surface area contributed by atoms with Crippen LogP contribution in [0.2, 0.25) is 0 Å². The number of likely N-dealkylation sites (tertiary alicyclic amines) is 1. The summed E-state index contributed by atoms with van der Waals surface area (Å²) in [4.78, 5) is 14.6. The summed E-state index contributed by atoms with van der Waals surface area (Å²) in [6.45, 7) is 3.15. The van der Waals surface area contributed by atoms with Crippen LogP contribution in [0.25, 0.3) is 0 Å². The van der Waals surface area contributed by atoms with E-state index >= 15 is 0 Å². The van der Waals surface area contributed by atoms with Crippen molar-refractivity contribution in [3.63, 3.8) is 0 Å². The van der Waals surface area contributed by atoms with Crippen LogP contribution >= 0.6 is 12.2 Å². The quantitative estimate of drug-likeness (QED) is 0.752. The van der Waals surface area contributed by atoms with Crippen molar-refractivity contribution < 1.29 is 4.79 Å². The minimum Gasteiger partial charge on any atom is -0.362 e. The number of carbonyl (C=O) groups is 1. The van der Waals surface area contributed by atoms with Gasteiger partial charge >= 0.3 is 0 Å². The van der Waals surface area contributed by atoms with Gasteiger partial charge in [0.1, 0.15) is 0 Å². The summed E-state index contributed by atoms with van der Waals surface area (Å²) < 4.78 is 0. The van der Waals surface area contributed by atoms with Crippen LogP contribution in [0, 0.1) is 0 Å². The molecule has 4 nitrogen and oxygen atoms in total. The molecule has 2 aromatic rings. The van der Waals surface area contributed by atoms with E-state index in [0.717, 1.165) is 50.0 Å². The average Bonchev–Trinajstić information content (AvgIpc) is 2.73. The summed E-state index contributed by atoms with van der Waals surface area (Å²) >= 11 is 5.36. The molecule has 2 aromatic carbocycles. The molecule has 0 bridgehead atoms. The molecule has 1 fully saturated rings. The molecule has 0 unspecified atom stereocenters. The smallest absolute Gasteiger partial charge is 0.253 e. The molecular weight excluding hydrogens is 354 g/mol. The molecule has 0 aliphatic carbocycles. The molecule has 0 aromatic heterocycles. The molecule has 1 aliphatic heterocycles. The fourth-order valence-electron chi connectivity index (χ4n) is 3.30. The Labute approximate surface area is 167 Å². The fraction of sp³-hybridized carbons (Fsp3) is 0.364. The van der Waals surface area contributed by atoms with E-state index in [2.05, 4.69) is 22.8 Å². The monoisotopic (exact) mass is 381 g/mol. The van der Waals surface area contributed by atoms with Crippen molar-refractivity contribution in [1.29, 1.82) is 0 Å². The van der Waals surface area contributed by atoms with E-state index in [1.165, 1.54) is 12.0 Å². The van der Waals surface area contributed by atoms with Gasteiger partial charge in [0, 0.05) is 31.7 Å². The molecule has 3 rings (SSSR count). The first-order chi connectivity index (χ1) is 13.2. The highest BCUT2D eigenvalue weighted by molar-refractivity contribution is 7.80. The van der Waals surface area contributed by atoms with E-state index in [0.29, 0.717) is 11.7 Å². The van der Waals surface area contributed by atoms with Crippen LogP contribution in [-0.2, 0) is 13.0 Å². The third kappa shape index (κ3) is 6.07. The largest absolute Gasteiger partial charge is 0.362 e. The number of amides is 1. The molecule has 2 N–H and O–H groups in total. The van der Waals surface area contributed by atoms with Crippen LogP contribution in [0.3, 0.4) is 0 Å². The van der Waals surface area contributed by atoms with Crippen molar-refractivity contribution in [2.45, 2.75) is 32.2 Å². The van der Waals surface area contributed by atoms with Crippen LogP contribution in [0.5, 0.6) is 0 Å². The Hall–Kier alpha value is -2.40. The van der Waals surface area contributed by atoms with Gasteiger partial charge in [0.05, 0.1) is 0 Å². The summed E-state index contributed by atoms with van der Waals surface area (Å²) in [7, 11) is 0. The van der Waals surface area contributed by atoms with Crippen molar-refractivity contribution in [3.8, 4) is 0 Å². The highest BCUT2D eigenvalue weighted by Crippen LogP contribution is 2.14. The van der Waals surface area contributed by atoms with E-state index in [1.807, 2.05) is 47.4 Å². The first kappa shape index (κ1) is 19.4. The maximum Gasteiger partial charge on any atom is 0.253 e. The molecule has 0 spiro atoms. The predicted molar refractivity (Wildman–Crippen MR) is 114 cm³/mol. The zero-order valence-corrected chi connectivity index (χ0v) is 16.4.